The molecule has 5 aromatic rings. The molecule has 0 unspecified atom stereocenters. The first-order valence-electron chi connectivity index (χ1n) is 12.0. The van der Waals surface area contributed by atoms with E-state index in [2.05, 4.69) is 22.3 Å². The molecule has 1 aliphatic rings. The molecule has 6 rings (SSSR count). The Morgan fingerprint density at radius 2 is 1.81 bits per heavy atom. The summed E-state index contributed by atoms with van der Waals surface area (Å²) in [6.45, 7) is 8.32. The zero-order valence-corrected chi connectivity index (χ0v) is 20.9. The molecule has 2 aromatic carbocycles. The van der Waals surface area contributed by atoms with Crippen molar-refractivity contribution in [2.75, 3.05) is 6.54 Å². The van der Waals surface area contributed by atoms with Gasteiger partial charge in [0.15, 0.2) is 5.82 Å². The normalized spacial score (nSPS) is 15.6. The number of nitrogens with one attached hydrogen (secondary N) is 2. The molecule has 1 aliphatic heterocycles. The van der Waals surface area contributed by atoms with Crippen LogP contribution in [0.3, 0.4) is 0 Å². The number of aromatic amines is 1. The standard InChI is InChI=1S/C27H27F2N7/c1-13-10-17(11-14(2)23(13)28)36-26(22-15(3)30-9-8-20(22)34-36)27-32-16(4)25(33-27)18-6-7-21-19(24(18)29)12-31-35(21)5/h6-7,10-12,15,30H,8-9H2,1-5H3,(H,32,33)/t15-/m0/s1. The van der Waals surface area contributed by atoms with Crippen LogP contribution in [0, 0.1) is 32.4 Å². The highest BCUT2D eigenvalue weighted by atomic mass is 19.1. The molecule has 0 fully saturated rings. The molecule has 1 atom stereocenters. The maximum atomic E-state index is 15.5. The Labute approximate surface area is 207 Å². The van der Waals surface area contributed by atoms with E-state index in [1.807, 2.05) is 17.7 Å². The highest BCUT2D eigenvalue weighted by molar-refractivity contribution is 5.85. The summed E-state index contributed by atoms with van der Waals surface area (Å²) in [6, 6.07) is 7.26. The van der Waals surface area contributed by atoms with Crippen LogP contribution < -0.4 is 5.32 Å². The van der Waals surface area contributed by atoms with Crippen LogP contribution in [0.15, 0.2) is 30.5 Å². The number of hydrogen-bond acceptors (Lipinski definition) is 4. The Hall–Kier alpha value is -3.85. The number of benzene rings is 2. The molecule has 0 bridgehead atoms. The molecule has 0 aliphatic carbocycles. The van der Waals surface area contributed by atoms with Crippen molar-refractivity contribution in [2.24, 2.45) is 7.05 Å². The molecule has 9 heteroatoms. The van der Waals surface area contributed by atoms with Crippen LogP contribution in [-0.4, -0.2) is 36.1 Å². The molecule has 0 spiro atoms. The highest BCUT2D eigenvalue weighted by Crippen LogP contribution is 2.37. The van der Waals surface area contributed by atoms with E-state index in [1.54, 1.807) is 43.8 Å². The molecule has 7 nitrogen and oxygen atoms in total. The Bertz CT molecular complexity index is 1630. The minimum absolute atomic E-state index is 0.0532. The summed E-state index contributed by atoms with van der Waals surface area (Å²) in [5.74, 6) is 0.0267. The quantitative estimate of drug-likeness (QED) is 0.366. The molecule has 36 heavy (non-hydrogen) atoms. The van der Waals surface area contributed by atoms with E-state index < -0.39 is 0 Å². The summed E-state index contributed by atoms with van der Waals surface area (Å²) in [5.41, 5.74) is 7.12. The number of rotatable bonds is 3. The zero-order chi connectivity index (χ0) is 25.3. The lowest BCUT2D eigenvalue weighted by atomic mass is 9.99. The van der Waals surface area contributed by atoms with Gasteiger partial charge in [-0.25, -0.2) is 18.4 Å². The molecule has 0 amide bonds. The molecule has 2 N–H and O–H groups in total. The Morgan fingerprint density at radius 1 is 1.06 bits per heavy atom. The van der Waals surface area contributed by atoms with Crippen LogP contribution >= 0.6 is 0 Å². The van der Waals surface area contributed by atoms with Crippen molar-refractivity contribution < 1.29 is 8.78 Å². The zero-order valence-electron chi connectivity index (χ0n) is 20.9. The maximum Gasteiger partial charge on any atom is 0.157 e. The van der Waals surface area contributed by atoms with Crippen LogP contribution in [0.25, 0.3) is 39.4 Å². The van der Waals surface area contributed by atoms with Crippen molar-refractivity contribution >= 4 is 10.9 Å². The van der Waals surface area contributed by atoms with Gasteiger partial charge in [0.25, 0.3) is 0 Å². The fourth-order valence-corrected chi connectivity index (χ4v) is 5.30. The third-order valence-corrected chi connectivity index (χ3v) is 7.14. The lowest BCUT2D eigenvalue weighted by Gasteiger charge is -2.20. The monoisotopic (exact) mass is 487 g/mol. The van der Waals surface area contributed by atoms with Crippen molar-refractivity contribution in [3.63, 3.8) is 0 Å². The van der Waals surface area contributed by atoms with E-state index >= 15 is 4.39 Å². The maximum absolute atomic E-state index is 15.5. The molecular formula is C27H27F2N7. The van der Waals surface area contributed by atoms with Crippen LogP contribution in [-0.2, 0) is 13.5 Å². The second kappa shape index (κ2) is 8.09. The highest BCUT2D eigenvalue weighted by Gasteiger charge is 2.30. The van der Waals surface area contributed by atoms with Crippen LogP contribution in [0.5, 0.6) is 0 Å². The SMILES string of the molecule is Cc1cc(-n2nc3c(c2-c2nc(-c4ccc5c(cnn5C)c4F)c(C)[nH]2)[C@H](C)NCC3)cc(C)c1F. The Kier molecular flexibility index (Phi) is 5.08. The fraction of sp³-hybridized carbons (Fsp3) is 0.296. The fourth-order valence-electron chi connectivity index (χ4n) is 5.30. The van der Waals surface area contributed by atoms with Gasteiger partial charge in [0.2, 0.25) is 0 Å². The number of imidazole rings is 1. The van der Waals surface area contributed by atoms with E-state index in [4.69, 9.17) is 10.1 Å². The third-order valence-electron chi connectivity index (χ3n) is 7.14. The second-order valence-electron chi connectivity index (χ2n) is 9.63. The molecular weight excluding hydrogens is 460 g/mol. The summed E-state index contributed by atoms with van der Waals surface area (Å²) in [4.78, 5) is 8.29. The number of aromatic nitrogens is 6. The van der Waals surface area contributed by atoms with Gasteiger partial charge in [-0.15, -0.1) is 0 Å². The minimum Gasteiger partial charge on any atom is -0.340 e. The van der Waals surface area contributed by atoms with Crippen LogP contribution in [0.1, 0.15) is 41.0 Å². The number of hydrogen-bond donors (Lipinski definition) is 2. The van der Waals surface area contributed by atoms with Crippen LogP contribution in [0.4, 0.5) is 8.78 Å². The van der Waals surface area contributed by atoms with Crippen LogP contribution in [0.2, 0.25) is 0 Å². The van der Waals surface area contributed by atoms with Crippen molar-refractivity contribution in [1.82, 2.24) is 34.8 Å². The summed E-state index contributed by atoms with van der Waals surface area (Å²) < 4.78 is 33.5. The predicted molar refractivity (Wildman–Crippen MR) is 135 cm³/mol. The molecule has 4 heterocycles. The van der Waals surface area contributed by atoms with E-state index in [1.165, 1.54) is 6.20 Å². The number of aryl methyl sites for hydroxylation is 4. The summed E-state index contributed by atoms with van der Waals surface area (Å²) in [7, 11) is 1.79. The van der Waals surface area contributed by atoms with Crippen molar-refractivity contribution in [1.29, 1.82) is 0 Å². The first-order valence-corrected chi connectivity index (χ1v) is 12.0. The van der Waals surface area contributed by atoms with E-state index in [-0.39, 0.29) is 17.7 Å². The molecule has 0 saturated heterocycles. The number of H-pyrrole nitrogens is 1. The molecule has 0 saturated carbocycles. The van der Waals surface area contributed by atoms with Gasteiger partial charge in [0.1, 0.15) is 17.3 Å². The van der Waals surface area contributed by atoms with Gasteiger partial charge in [-0.2, -0.15) is 10.2 Å². The second-order valence-corrected chi connectivity index (χ2v) is 9.63. The van der Waals surface area contributed by atoms with E-state index in [0.717, 1.165) is 46.8 Å². The first-order chi connectivity index (χ1) is 17.2. The van der Waals surface area contributed by atoms with Gasteiger partial charge < -0.3 is 10.3 Å². The summed E-state index contributed by atoms with van der Waals surface area (Å²) in [6.07, 6.45) is 2.31. The number of nitrogens with zero attached hydrogens (tertiary/aromatic N) is 5. The van der Waals surface area contributed by atoms with Gasteiger partial charge in [-0.3, -0.25) is 4.68 Å². The van der Waals surface area contributed by atoms with Crippen molar-refractivity contribution in [2.45, 2.75) is 40.2 Å². The Balaban J connectivity index is 1.57. The smallest absolute Gasteiger partial charge is 0.157 e. The average molecular weight is 488 g/mol. The minimum atomic E-state index is -0.350. The summed E-state index contributed by atoms with van der Waals surface area (Å²) in [5, 5.41) is 13.1. The van der Waals surface area contributed by atoms with Crippen molar-refractivity contribution in [3.8, 4) is 28.5 Å². The lowest BCUT2D eigenvalue weighted by Crippen LogP contribution is -2.27. The van der Waals surface area contributed by atoms with Crippen molar-refractivity contribution in [3.05, 3.63) is 70.2 Å². The van der Waals surface area contributed by atoms with Gasteiger partial charge in [0.05, 0.1) is 34.2 Å². The van der Waals surface area contributed by atoms with Gasteiger partial charge >= 0.3 is 0 Å². The number of fused-ring (bicyclic) bond motifs is 2. The van der Waals surface area contributed by atoms with E-state index in [0.29, 0.717) is 33.6 Å². The topological polar surface area (TPSA) is 76.3 Å². The number of halogens is 2. The van der Waals surface area contributed by atoms with Gasteiger partial charge in [0, 0.05) is 42.9 Å². The predicted octanol–water partition coefficient (Wildman–Crippen LogP) is 5.23. The molecule has 184 valence electrons. The largest absolute Gasteiger partial charge is 0.340 e. The molecule has 0 radical (unpaired) electrons. The van der Waals surface area contributed by atoms with Gasteiger partial charge in [-0.05, 0) is 63.1 Å². The lowest BCUT2D eigenvalue weighted by molar-refractivity contribution is 0.538. The van der Waals surface area contributed by atoms with E-state index in [9.17, 15) is 4.39 Å². The first kappa shape index (κ1) is 22.6. The molecule has 3 aromatic heterocycles. The third kappa shape index (κ3) is 3.30. The summed E-state index contributed by atoms with van der Waals surface area (Å²) >= 11 is 0. The average Bonchev–Trinajstić information content (AvgIpc) is 3.53. The Morgan fingerprint density at radius 3 is 2.56 bits per heavy atom. The van der Waals surface area contributed by atoms with Gasteiger partial charge in [-0.1, -0.05) is 0 Å².